The molecule has 0 fully saturated rings. The largest absolute Gasteiger partial charge is 0.492 e. The van der Waals surface area contributed by atoms with Crippen LogP contribution in [-0.4, -0.2) is 32.0 Å². The standard InChI is InChI=1S/C12H16O4/c1-14-11-9(5-6-13)3-4-10-12(11)16-8-2-7-15-10/h3-4,13H,2,5-8H2,1H3. The Bertz CT molecular complexity index is 362. The minimum absolute atomic E-state index is 0.0933. The second kappa shape index (κ2) is 5.07. The normalized spacial score (nSPS) is 14.4. The van der Waals surface area contributed by atoms with E-state index in [4.69, 9.17) is 19.3 Å². The molecule has 1 N–H and O–H groups in total. The van der Waals surface area contributed by atoms with E-state index in [1.165, 1.54) is 0 Å². The van der Waals surface area contributed by atoms with E-state index in [-0.39, 0.29) is 6.61 Å². The van der Waals surface area contributed by atoms with E-state index in [2.05, 4.69) is 0 Å². The van der Waals surface area contributed by atoms with Gasteiger partial charge in [-0.1, -0.05) is 6.07 Å². The van der Waals surface area contributed by atoms with Gasteiger partial charge in [0.25, 0.3) is 0 Å². The molecule has 4 heteroatoms. The predicted molar refractivity (Wildman–Crippen MR) is 59.4 cm³/mol. The quantitative estimate of drug-likeness (QED) is 0.843. The second-order valence-corrected chi connectivity index (χ2v) is 3.61. The highest BCUT2D eigenvalue weighted by Gasteiger charge is 2.18. The van der Waals surface area contributed by atoms with Gasteiger partial charge in [-0.15, -0.1) is 0 Å². The minimum atomic E-state index is 0.0933. The first-order valence-electron chi connectivity index (χ1n) is 5.43. The maximum absolute atomic E-state index is 8.97. The third kappa shape index (κ3) is 2.07. The number of benzene rings is 1. The van der Waals surface area contributed by atoms with Gasteiger partial charge in [0.05, 0.1) is 20.3 Å². The molecule has 0 aromatic heterocycles. The lowest BCUT2D eigenvalue weighted by Gasteiger charge is -2.14. The molecule has 1 aliphatic rings. The minimum Gasteiger partial charge on any atom is -0.492 e. The van der Waals surface area contributed by atoms with Crippen molar-refractivity contribution in [1.29, 1.82) is 0 Å². The molecule has 0 bridgehead atoms. The number of rotatable bonds is 3. The summed E-state index contributed by atoms with van der Waals surface area (Å²) in [5.41, 5.74) is 0.939. The number of hydrogen-bond acceptors (Lipinski definition) is 4. The van der Waals surface area contributed by atoms with Crippen LogP contribution in [0.15, 0.2) is 12.1 Å². The van der Waals surface area contributed by atoms with Gasteiger partial charge in [-0.25, -0.2) is 0 Å². The fraction of sp³-hybridized carbons (Fsp3) is 0.500. The first kappa shape index (κ1) is 11.1. The molecule has 0 saturated heterocycles. The maximum Gasteiger partial charge on any atom is 0.203 e. The average molecular weight is 224 g/mol. The molecule has 1 aromatic carbocycles. The van der Waals surface area contributed by atoms with Crippen molar-refractivity contribution in [2.45, 2.75) is 12.8 Å². The molecule has 0 amide bonds. The van der Waals surface area contributed by atoms with Crippen LogP contribution in [0.4, 0.5) is 0 Å². The molecule has 1 aliphatic heterocycles. The van der Waals surface area contributed by atoms with Crippen LogP contribution in [0.5, 0.6) is 17.2 Å². The van der Waals surface area contributed by atoms with Crippen molar-refractivity contribution < 1.29 is 19.3 Å². The Labute approximate surface area is 94.8 Å². The summed E-state index contributed by atoms with van der Waals surface area (Å²) in [7, 11) is 1.60. The summed E-state index contributed by atoms with van der Waals surface area (Å²) in [4.78, 5) is 0. The molecule has 0 unspecified atom stereocenters. The third-order valence-corrected chi connectivity index (χ3v) is 2.54. The van der Waals surface area contributed by atoms with E-state index in [9.17, 15) is 0 Å². The van der Waals surface area contributed by atoms with E-state index < -0.39 is 0 Å². The highest BCUT2D eigenvalue weighted by atomic mass is 16.5. The Balaban J connectivity index is 2.41. The smallest absolute Gasteiger partial charge is 0.203 e. The Hall–Kier alpha value is -1.42. The zero-order valence-corrected chi connectivity index (χ0v) is 9.36. The zero-order chi connectivity index (χ0) is 11.4. The van der Waals surface area contributed by atoms with Crippen molar-refractivity contribution >= 4 is 0 Å². The number of hydrogen-bond donors (Lipinski definition) is 1. The van der Waals surface area contributed by atoms with Crippen LogP contribution in [0.1, 0.15) is 12.0 Å². The van der Waals surface area contributed by atoms with Crippen molar-refractivity contribution in [3.05, 3.63) is 17.7 Å². The van der Waals surface area contributed by atoms with Crippen LogP contribution in [0, 0.1) is 0 Å². The fourth-order valence-corrected chi connectivity index (χ4v) is 1.79. The van der Waals surface area contributed by atoms with Crippen LogP contribution in [-0.2, 0) is 6.42 Å². The average Bonchev–Trinajstić information content (AvgIpc) is 2.54. The van der Waals surface area contributed by atoms with E-state index in [1.807, 2.05) is 12.1 Å². The molecule has 0 atom stereocenters. The first-order chi connectivity index (χ1) is 7.86. The highest BCUT2D eigenvalue weighted by molar-refractivity contribution is 5.56. The second-order valence-electron chi connectivity index (χ2n) is 3.61. The van der Waals surface area contributed by atoms with Gasteiger partial charge in [-0.3, -0.25) is 0 Å². The van der Waals surface area contributed by atoms with Gasteiger partial charge >= 0.3 is 0 Å². The van der Waals surface area contributed by atoms with Gasteiger partial charge < -0.3 is 19.3 Å². The van der Waals surface area contributed by atoms with Crippen molar-refractivity contribution in [3.8, 4) is 17.2 Å². The van der Waals surface area contributed by atoms with Crippen molar-refractivity contribution in [2.24, 2.45) is 0 Å². The summed E-state index contributed by atoms with van der Waals surface area (Å²) < 4.78 is 16.5. The van der Waals surface area contributed by atoms with Gasteiger partial charge in [0, 0.05) is 18.6 Å². The van der Waals surface area contributed by atoms with E-state index in [0.717, 1.165) is 17.7 Å². The highest BCUT2D eigenvalue weighted by Crippen LogP contribution is 2.41. The van der Waals surface area contributed by atoms with Gasteiger partial charge in [0.2, 0.25) is 5.75 Å². The zero-order valence-electron chi connectivity index (χ0n) is 9.36. The number of ether oxygens (including phenoxy) is 3. The van der Waals surface area contributed by atoms with Crippen LogP contribution >= 0.6 is 0 Å². The van der Waals surface area contributed by atoms with E-state index in [1.54, 1.807) is 7.11 Å². The molecule has 1 heterocycles. The van der Waals surface area contributed by atoms with Gasteiger partial charge in [-0.2, -0.15) is 0 Å². The molecule has 2 rings (SSSR count). The van der Waals surface area contributed by atoms with E-state index >= 15 is 0 Å². The Kier molecular flexibility index (Phi) is 3.51. The Morgan fingerprint density at radius 1 is 1.31 bits per heavy atom. The molecule has 88 valence electrons. The van der Waals surface area contributed by atoms with Crippen molar-refractivity contribution in [3.63, 3.8) is 0 Å². The fourth-order valence-electron chi connectivity index (χ4n) is 1.79. The molecule has 4 nitrogen and oxygen atoms in total. The first-order valence-corrected chi connectivity index (χ1v) is 5.43. The maximum atomic E-state index is 8.97. The lowest BCUT2D eigenvalue weighted by atomic mass is 10.1. The monoisotopic (exact) mass is 224 g/mol. The van der Waals surface area contributed by atoms with Crippen molar-refractivity contribution in [1.82, 2.24) is 0 Å². The topological polar surface area (TPSA) is 47.9 Å². The number of aliphatic hydroxyl groups excluding tert-OH is 1. The lowest BCUT2D eigenvalue weighted by Crippen LogP contribution is -2.01. The number of methoxy groups -OCH3 is 1. The lowest BCUT2D eigenvalue weighted by molar-refractivity contribution is 0.284. The van der Waals surface area contributed by atoms with Gasteiger partial charge in [0.15, 0.2) is 11.5 Å². The summed E-state index contributed by atoms with van der Waals surface area (Å²) >= 11 is 0. The molecule has 0 radical (unpaired) electrons. The van der Waals surface area contributed by atoms with Gasteiger partial charge in [0.1, 0.15) is 0 Å². The Morgan fingerprint density at radius 2 is 2.12 bits per heavy atom. The van der Waals surface area contributed by atoms with Gasteiger partial charge in [-0.05, 0) is 12.5 Å². The molecule has 0 saturated carbocycles. The predicted octanol–water partition coefficient (Wildman–Crippen LogP) is 1.39. The summed E-state index contributed by atoms with van der Waals surface area (Å²) in [6, 6.07) is 3.77. The van der Waals surface area contributed by atoms with Crippen LogP contribution in [0.3, 0.4) is 0 Å². The molecule has 0 aliphatic carbocycles. The number of fused-ring (bicyclic) bond motifs is 1. The van der Waals surface area contributed by atoms with Crippen molar-refractivity contribution in [2.75, 3.05) is 26.9 Å². The summed E-state index contributed by atoms with van der Waals surface area (Å²) in [6.45, 7) is 1.39. The van der Waals surface area contributed by atoms with E-state index in [0.29, 0.717) is 31.1 Å². The Morgan fingerprint density at radius 3 is 2.88 bits per heavy atom. The third-order valence-electron chi connectivity index (χ3n) is 2.54. The summed E-state index contributed by atoms with van der Waals surface area (Å²) in [5.74, 6) is 2.05. The molecule has 0 spiro atoms. The number of aliphatic hydroxyl groups is 1. The van der Waals surface area contributed by atoms with Crippen LogP contribution < -0.4 is 14.2 Å². The van der Waals surface area contributed by atoms with Crippen LogP contribution in [0.25, 0.3) is 0 Å². The van der Waals surface area contributed by atoms with Crippen LogP contribution in [0.2, 0.25) is 0 Å². The molecular weight excluding hydrogens is 208 g/mol. The molecule has 16 heavy (non-hydrogen) atoms. The molecular formula is C12H16O4. The molecule has 1 aromatic rings. The SMILES string of the molecule is COc1c(CCO)ccc2c1OCCCO2. The summed E-state index contributed by atoms with van der Waals surface area (Å²) in [5, 5.41) is 8.97. The summed E-state index contributed by atoms with van der Waals surface area (Å²) in [6.07, 6.45) is 1.42.